The van der Waals surface area contributed by atoms with Gasteiger partial charge in [0.1, 0.15) is 0 Å². The van der Waals surface area contributed by atoms with E-state index in [2.05, 4.69) is 44.3 Å². The minimum absolute atomic E-state index is 0.213. The highest BCUT2D eigenvalue weighted by atomic mass is 16.5. The Morgan fingerprint density at radius 1 is 1.19 bits per heavy atom. The molecule has 1 amide bonds. The van der Waals surface area contributed by atoms with Gasteiger partial charge < -0.3 is 29.4 Å². The number of anilines is 2. The number of methoxy groups -OCH3 is 1. The fourth-order valence-electron chi connectivity index (χ4n) is 4.89. The second-order valence-electron chi connectivity index (χ2n) is 9.22. The third-order valence-corrected chi connectivity index (χ3v) is 6.23. The molecule has 2 N–H and O–H groups in total. The molecule has 36 heavy (non-hydrogen) atoms. The molecule has 10 nitrogen and oxygen atoms in total. The number of carbonyl (C=O) groups is 1. The molecule has 5 rings (SSSR count). The normalized spacial score (nSPS) is 18.0. The summed E-state index contributed by atoms with van der Waals surface area (Å²) < 4.78 is 12.9. The smallest absolute Gasteiger partial charge is 0.316 e. The highest BCUT2D eigenvalue weighted by Crippen LogP contribution is 2.31. The average molecular weight is 490 g/mol. The molecule has 4 aromatic rings. The lowest BCUT2D eigenvalue weighted by atomic mass is 10.0. The predicted molar refractivity (Wildman–Crippen MR) is 139 cm³/mol. The molecule has 1 aliphatic rings. The van der Waals surface area contributed by atoms with Crippen molar-refractivity contribution in [3.8, 4) is 11.8 Å². The molecule has 10 heteroatoms. The Morgan fingerprint density at radius 3 is 2.69 bits per heavy atom. The van der Waals surface area contributed by atoms with E-state index in [1.165, 1.54) is 7.11 Å². The third-order valence-electron chi connectivity index (χ3n) is 6.23. The van der Waals surface area contributed by atoms with Crippen LogP contribution in [0.1, 0.15) is 36.8 Å². The molecule has 2 atom stereocenters. The van der Waals surface area contributed by atoms with Crippen LogP contribution in [0.25, 0.3) is 16.6 Å². The number of hydrogen-bond acceptors (Lipinski definition) is 8. The lowest BCUT2D eigenvalue weighted by molar-refractivity contribution is 0.102. The highest BCUT2D eigenvalue weighted by molar-refractivity contribution is 6.14. The summed E-state index contributed by atoms with van der Waals surface area (Å²) in [6.45, 7) is 10.4. The van der Waals surface area contributed by atoms with Crippen LogP contribution in [0.5, 0.6) is 11.8 Å². The van der Waals surface area contributed by atoms with Crippen molar-refractivity contribution in [1.82, 2.24) is 24.7 Å². The van der Waals surface area contributed by atoms with Gasteiger partial charge in [0.2, 0.25) is 0 Å². The fourth-order valence-corrected chi connectivity index (χ4v) is 4.89. The first kappa shape index (κ1) is 23.8. The summed E-state index contributed by atoms with van der Waals surface area (Å²) in [5.74, 6) is 0.322. The van der Waals surface area contributed by atoms with Crippen LogP contribution in [0.2, 0.25) is 0 Å². The molecular weight excluding hydrogens is 458 g/mol. The molecule has 0 bridgehead atoms. The maximum atomic E-state index is 13.5. The molecule has 1 saturated heterocycles. The molecule has 0 unspecified atom stereocenters. The lowest BCUT2D eigenvalue weighted by Crippen LogP contribution is -2.54. The van der Waals surface area contributed by atoms with Gasteiger partial charge in [0, 0.05) is 60.9 Å². The molecule has 0 aliphatic carbocycles. The van der Waals surface area contributed by atoms with Gasteiger partial charge in [0.05, 0.1) is 36.2 Å². The number of nitrogens with one attached hydrogen (secondary N) is 2. The van der Waals surface area contributed by atoms with Gasteiger partial charge in [-0.2, -0.15) is 4.98 Å². The van der Waals surface area contributed by atoms with Gasteiger partial charge >= 0.3 is 6.01 Å². The molecule has 1 fully saturated rings. The Balaban J connectivity index is 1.54. The second-order valence-corrected chi connectivity index (χ2v) is 9.22. The second kappa shape index (κ2) is 9.62. The average Bonchev–Trinajstić information content (AvgIpc) is 3.22. The van der Waals surface area contributed by atoms with Crippen molar-refractivity contribution in [1.29, 1.82) is 0 Å². The van der Waals surface area contributed by atoms with Gasteiger partial charge in [-0.05, 0) is 39.8 Å². The van der Waals surface area contributed by atoms with Crippen LogP contribution in [0.4, 0.5) is 11.4 Å². The van der Waals surface area contributed by atoms with Crippen LogP contribution in [0.3, 0.4) is 0 Å². The van der Waals surface area contributed by atoms with Crippen molar-refractivity contribution in [3.63, 3.8) is 0 Å². The summed E-state index contributed by atoms with van der Waals surface area (Å²) in [6.07, 6.45) is 5.45. The topological polar surface area (TPSA) is 106 Å². The van der Waals surface area contributed by atoms with Crippen molar-refractivity contribution in [2.24, 2.45) is 0 Å². The van der Waals surface area contributed by atoms with Crippen LogP contribution in [0.15, 0.2) is 36.8 Å². The number of pyridine rings is 1. The first-order valence-corrected chi connectivity index (χ1v) is 12.1. The standard InChI is InChI=1S/C26H31N7O3/c1-6-36-22-9-18(14-33-13-17(4)29-24(22)33)30-25(34)19-7-8-21(32-11-15(2)28-16(3)12-32)20-10-27-26(35-5)31-23(19)20/h7-10,13-16,28H,6,11-12H2,1-5H3,(H,30,34)/t15-,16-/m0/s1. The molecule has 188 valence electrons. The molecule has 1 aliphatic heterocycles. The van der Waals surface area contributed by atoms with Gasteiger partial charge in [0.25, 0.3) is 5.91 Å². The molecule has 0 spiro atoms. The molecular formula is C26H31N7O3. The summed E-state index contributed by atoms with van der Waals surface area (Å²) in [4.78, 5) is 29.3. The number of nitrogens with zero attached hydrogens (tertiary/aromatic N) is 5. The minimum atomic E-state index is -0.284. The van der Waals surface area contributed by atoms with E-state index in [0.717, 1.165) is 29.9 Å². The van der Waals surface area contributed by atoms with Crippen molar-refractivity contribution in [3.05, 3.63) is 48.0 Å². The number of carbonyl (C=O) groups excluding carboxylic acids is 1. The van der Waals surface area contributed by atoms with Crippen molar-refractivity contribution < 1.29 is 14.3 Å². The number of imidazole rings is 1. The SMILES string of the molecule is CCOc1cc(NC(=O)c2ccc(N3C[C@H](C)N[C@@H](C)C3)c3cnc(OC)nc23)cn2cc(C)nc12. The number of aromatic nitrogens is 4. The number of hydrogen-bond donors (Lipinski definition) is 2. The number of fused-ring (bicyclic) bond motifs is 2. The molecule has 1 aromatic carbocycles. The number of amides is 1. The Bertz CT molecular complexity index is 1420. The van der Waals surface area contributed by atoms with Gasteiger partial charge in [-0.25, -0.2) is 9.97 Å². The van der Waals surface area contributed by atoms with E-state index >= 15 is 0 Å². The number of benzene rings is 1. The summed E-state index contributed by atoms with van der Waals surface area (Å²) in [5.41, 5.74) is 4.14. The zero-order chi connectivity index (χ0) is 25.4. The van der Waals surface area contributed by atoms with E-state index in [0.29, 0.717) is 46.9 Å². The quantitative estimate of drug-likeness (QED) is 0.424. The summed E-state index contributed by atoms with van der Waals surface area (Å²) in [6, 6.07) is 6.48. The van der Waals surface area contributed by atoms with E-state index in [1.54, 1.807) is 12.3 Å². The summed E-state index contributed by atoms with van der Waals surface area (Å²) >= 11 is 0. The predicted octanol–water partition coefficient (Wildman–Crippen LogP) is 3.43. The molecule has 3 aromatic heterocycles. The fraction of sp³-hybridized carbons (Fsp3) is 0.385. The first-order chi connectivity index (χ1) is 17.4. The Hall–Kier alpha value is -3.92. The van der Waals surface area contributed by atoms with E-state index in [1.807, 2.05) is 42.8 Å². The zero-order valence-electron chi connectivity index (χ0n) is 21.2. The maximum absolute atomic E-state index is 13.5. The summed E-state index contributed by atoms with van der Waals surface area (Å²) in [7, 11) is 1.52. The van der Waals surface area contributed by atoms with E-state index < -0.39 is 0 Å². The van der Waals surface area contributed by atoms with Crippen molar-refractivity contribution >= 4 is 33.8 Å². The Morgan fingerprint density at radius 2 is 1.97 bits per heavy atom. The number of piperazine rings is 1. The van der Waals surface area contributed by atoms with Gasteiger partial charge in [-0.15, -0.1) is 0 Å². The highest BCUT2D eigenvalue weighted by Gasteiger charge is 2.25. The largest absolute Gasteiger partial charge is 0.490 e. The molecule has 0 saturated carbocycles. The van der Waals surface area contributed by atoms with Crippen LogP contribution in [-0.4, -0.2) is 64.1 Å². The van der Waals surface area contributed by atoms with E-state index in [-0.39, 0.29) is 11.9 Å². The van der Waals surface area contributed by atoms with E-state index in [4.69, 9.17) is 9.47 Å². The van der Waals surface area contributed by atoms with Crippen LogP contribution in [-0.2, 0) is 0 Å². The molecule has 0 radical (unpaired) electrons. The van der Waals surface area contributed by atoms with Crippen LogP contribution >= 0.6 is 0 Å². The van der Waals surface area contributed by atoms with Gasteiger partial charge in [-0.1, -0.05) is 0 Å². The lowest BCUT2D eigenvalue weighted by Gasteiger charge is -2.38. The van der Waals surface area contributed by atoms with Crippen LogP contribution in [0, 0.1) is 6.92 Å². The van der Waals surface area contributed by atoms with E-state index in [9.17, 15) is 4.79 Å². The van der Waals surface area contributed by atoms with Gasteiger partial charge in [0.15, 0.2) is 11.4 Å². The van der Waals surface area contributed by atoms with Crippen LogP contribution < -0.4 is 25.0 Å². The third kappa shape index (κ3) is 4.51. The zero-order valence-corrected chi connectivity index (χ0v) is 21.2. The number of aryl methyl sites for hydroxylation is 1. The Labute approximate surface area is 209 Å². The Kier molecular flexibility index (Phi) is 6.36. The first-order valence-electron chi connectivity index (χ1n) is 12.1. The monoisotopic (exact) mass is 489 g/mol. The molecule has 4 heterocycles. The maximum Gasteiger partial charge on any atom is 0.316 e. The minimum Gasteiger partial charge on any atom is -0.490 e. The summed E-state index contributed by atoms with van der Waals surface area (Å²) in [5, 5.41) is 7.37. The van der Waals surface area contributed by atoms with Gasteiger partial charge in [-0.3, -0.25) is 4.79 Å². The van der Waals surface area contributed by atoms with Crippen molar-refractivity contribution in [2.75, 3.05) is 37.0 Å². The van der Waals surface area contributed by atoms with Crippen molar-refractivity contribution in [2.45, 2.75) is 39.8 Å². The number of rotatable bonds is 6. The number of ether oxygens (including phenoxy) is 2.